The Morgan fingerprint density at radius 2 is 2.08 bits per heavy atom. The lowest BCUT2D eigenvalue weighted by Crippen LogP contribution is -2.33. The average Bonchev–Trinajstić information content (AvgIpc) is 2.33. The van der Waals surface area contributed by atoms with E-state index in [0.29, 0.717) is 6.42 Å². The summed E-state index contributed by atoms with van der Waals surface area (Å²) in [7, 11) is 1.93. The van der Waals surface area contributed by atoms with E-state index in [2.05, 4.69) is 0 Å². The minimum Gasteiger partial charge on any atom is -0.396 e. The quantitative estimate of drug-likeness (QED) is 0.651. The summed E-state index contributed by atoms with van der Waals surface area (Å²) in [5, 5.41) is 18.6. The van der Waals surface area contributed by atoms with Crippen molar-refractivity contribution in [1.82, 2.24) is 0 Å². The molecule has 0 atom stereocenters. The molecule has 12 heavy (non-hydrogen) atoms. The van der Waals surface area contributed by atoms with E-state index >= 15 is 0 Å². The van der Waals surface area contributed by atoms with Gasteiger partial charge in [-0.2, -0.15) is 4.57 Å². The van der Waals surface area contributed by atoms with E-state index in [1.165, 1.54) is 0 Å². The number of thiazole rings is 1. The van der Waals surface area contributed by atoms with Crippen molar-refractivity contribution in [3.63, 3.8) is 0 Å². The lowest BCUT2D eigenvalue weighted by atomic mass is 10.3. The Bertz CT molecular complexity index is 270. The topological polar surface area (TPSA) is 44.3 Å². The summed E-state index contributed by atoms with van der Waals surface area (Å²) in [6.45, 7) is 2.25. The van der Waals surface area contributed by atoms with Gasteiger partial charge >= 0.3 is 0 Å². The third-order valence-electron chi connectivity index (χ3n) is 2.00. The third-order valence-corrected chi connectivity index (χ3v) is 3.38. The highest BCUT2D eigenvalue weighted by molar-refractivity contribution is 7.11. The van der Waals surface area contributed by atoms with Crippen LogP contribution in [0.1, 0.15) is 15.6 Å². The number of aliphatic hydroxyl groups is 2. The first kappa shape index (κ1) is 9.64. The maximum atomic E-state index is 8.95. The summed E-state index contributed by atoms with van der Waals surface area (Å²) in [6, 6.07) is 0. The van der Waals surface area contributed by atoms with Crippen molar-refractivity contribution in [1.29, 1.82) is 0 Å². The summed E-state index contributed by atoms with van der Waals surface area (Å²) in [6.07, 6.45) is 0.685. The van der Waals surface area contributed by atoms with Crippen LogP contribution in [-0.2, 0) is 20.1 Å². The molecule has 0 unspecified atom stereocenters. The molecular formula is C8H14NO2S+. The van der Waals surface area contributed by atoms with Gasteiger partial charge in [-0.25, -0.2) is 0 Å². The molecule has 1 aromatic rings. The summed E-state index contributed by atoms with van der Waals surface area (Å²) >= 11 is 1.56. The van der Waals surface area contributed by atoms with Crippen molar-refractivity contribution in [2.24, 2.45) is 7.05 Å². The summed E-state index contributed by atoms with van der Waals surface area (Å²) in [4.78, 5) is 1.16. The Labute approximate surface area is 75.9 Å². The highest BCUT2D eigenvalue weighted by atomic mass is 32.1. The zero-order valence-electron chi connectivity index (χ0n) is 7.37. The first-order chi connectivity index (χ1) is 5.70. The van der Waals surface area contributed by atoms with E-state index in [1.54, 1.807) is 11.3 Å². The van der Waals surface area contributed by atoms with Gasteiger partial charge in [0.15, 0.2) is 5.69 Å². The zero-order chi connectivity index (χ0) is 9.14. The molecule has 0 fully saturated rings. The molecule has 0 aliphatic heterocycles. The Hall–Kier alpha value is -0.450. The molecule has 0 aromatic carbocycles. The van der Waals surface area contributed by atoms with Crippen molar-refractivity contribution >= 4 is 11.3 Å². The van der Waals surface area contributed by atoms with Gasteiger partial charge in [-0.05, 0) is 0 Å². The van der Waals surface area contributed by atoms with Gasteiger partial charge in [-0.15, -0.1) is 0 Å². The third kappa shape index (κ3) is 1.65. The molecule has 3 nitrogen and oxygen atoms in total. The van der Waals surface area contributed by atoms with Crippen LogP contribution < -0.4 is 4.57 Å². The van der Waals surface area contributed by atoms with E-state index < -0.39 is 0 Å². The molecule has 4 heteroatoms. The van der Waals surface area contributed by atoms with Crippen LogP contribution in [-0.4, -0.2) is 16.8 Å². The smallest absolute Gasteiger partial charge is 0.263 e. The van der Waals surface area contributed by atoms with E-state index in [4.69, 9.17) is 10.2 Å². The molecule has 0 spiro atoms. The number of hydrogen-bond acceptors (Lipinski definition) is 3. The number of aliphatic hydroxyl groups excluding tert-OH is 2. The minimum absolute atomic E-state index is 0.0768. The summed E-state index contributed by atoms with van der Waals surface area (Å²) in [5.41, 5.74) is 1.14. The predicted octanol–water partition coefficient (Wildman–Crippen LogP) is -0.0919. The number of rotatable bonds is 3. The molecule has 0 aliphatic carbocycles. The van der Waals surface area contributed by atoms with Crippen LogP contribution in [0.4, 0.5) is 0 Å². The van der Waals surface area contributed by atoms with Gasteiger partial charge < -0.3 is 10.2 Å². The molecule has 0 saturated carbocycles. The Morgan fingerprint density at radius 1 is 1.42 bits per heavy atom. The molecule has 2 N–H and O–H groups in total. The van der Waals surface area contributed by atoms with E-state index in [1.807, 2.05) is 18.5 Å². The predicted molar refractivity (Wildman–Crippen MR) is 46.9 cm³/mol. The number of aromatic nitrogens is 1. The summed E-state index contributed by atoms with van der Waals surface area (Å²) in [5.74, 6) is 0. The maximum Gasteiger partial charge on any atom is 0.263 e. The van der Waals surface area contributed by atoms with E-state index in [0.717, 1.165) is 15.6 Å². The van der Waals surface area contributed by atoms with Crippen LogP contribution in [0.3, 0.4) is 0 Å². The van der Waals surface area contributed by atoms with Crippen LogP contribution >= 0.6 is 11.3 Å². The Balaban J connectivity index is 2.98. The molecule has 1 rings (SSSR count). The molecule has 0 radical (unpaired) electrons. The standard InChI is InChI=1S/C8H14NO2S/c1-6-7(3-4-10)12-8(5-11)9(6)2/h10-11H,3-5H2,1-2H3/q+1. The molecule has 1 heterocycles. The molecule has 0 aliphatic rings. The zero-order valence-corrected chi connectivity index (χ0v) is 8.19. The molecule has 1 aromatic heterocycles. The van der Waals surface area contributed by atoms with Crippen molar-refractivity contribution in [2.75, 3.05) is 6.61 Å². The van der Waals surface area contributed by atoms with Crippen molar-refractivity contribution in [3.8, 4) is 0 Å². The van der Waals surface area contributed by atoms with Gasteiger partial charge in [0, 0.05) is 20.0 Å². The first-order valence-corrected chi connectivity index (χ1v) is 4.71. The van der Waals surface area contributed by atoms with Crippen molar-refractivity contribution in [2.45, 2.75) is 20.0 Å². The van der Waals surface area contributed by atoms with Crippen LogP contribution in [0.15, 0.2) is 0 Å². The lowest BCUT2D eigenvalue weighted by molar-refractivity contribution is -0.681. The van der Waals surface area contributed by atoms with Gasteiger partial charge in [0.2, 0.25) is 0 Å². The van der Waals surface area contributed by atoms with Gasteiger partial charge in [0.25, 0.3) is 5.01 Å². The Morgan fingerprint density at radius 3 is 2.50 bits per heavy atom. The van der Waals surface area contributed by atoms with E-state index in [-0.39, 0.29) is 13.2 Å². The molecule has 0 saturated heterocycles. The molecule has 0 amide bonds. The second-order valence-corrected chi connectivity index (χ2v) is 3.86. The molecule has 0 bridgehead atoms. The maximum absolute atomic E-state index is 8.95. The average molecular weight is 188 g/mol. The molecule has 68 valence electrons. The van der Waals surface area contributed by atoms with Gasteiger partial charge in [-0.1, -0.05) is 11.3 Å². The van der Waals surface area contributed by atoms with E-state index in [9.17, 15) is 0 Å². The fourth-order valence-electron chi connectivity index (χ4n) is 1.13. The Kier molecular flexibility index (Phi) is 3.20. The van der Waals surface area contributed by atoms with Gasteiger partial charge in [-0.3, -0.25) is 0 Å². The normalized spacial score (nSPS) is 10.7. The summed E-state index contributed by atoms with van der Waals surface area (Å²) < 4.78 is 1.97. The van der Waals surface area contributed by atoms with Crippen LogP contribution in [0.25, 0.3) is 0 Å². The largest absolute Gasteiger partial charge is 0.396 e. The fourth-order valence-corrected chi connectivity index (χ4v) is 2.23. The van der Waals surface area contributed by atoms with Gasteiger partial charge in [0.05, 0.1) is 4.88 Å². The van der Waals surface area contributed by atoms with Crippen molar-refractivity contribution < 1.29 is 14.8 Å². The number of hydrogen-bond donors (Lipinski definition) is 2. The van der Waals surface area contributed by atoms with Crippen LogP contribution in [0.5, 0.6) is 0 Å². The first-order valence-electron chi connectivity index (χ1n) is 3.89. The highest BCUT2D eigenvalue weighted by Crippen LogP contribution is 2.15. The number of nitrogens with zero attached hydrogens (tertiary/aromatic N) is 1. The minimum atomic E-state index is 0.0768. The van der Waals surface area contributed by atoms with Crippen LogP contribution in [0, 0.1) is 6.92 Å². The van der Waals surface area contributed by atoms with Crippen LogP contribution in [0.2, 0.25) is 0 Å². The van der Waals surface area contributed by atoms with Gasteiger partial charge in [0.1, 0.15) is 13.7 Å². The second-order valence-electron chi connectivity index (χ2n) is 2.70. The lowest BCUT2D eigenvalue weighted by Gasteiger charge is -1.89. The highest BCUT2D eigenvalue weighted by Gasteiger charge is 2.17. The van der Waals surface area contributed by atoms with Crippen molar-refractivity contribution in [3.05, 3.63) is 15.6 Å². The SMILES string of the molecule is Cc1c(CCO)sc(CO)[n+]1C. The fraction of sp³-hybridized carbons (Fsp3) is 0.625. The molecular weight excluding hydrogens is 174 g/mol. The second kappa shape index (κ2) is 3.98. The monoisotopic (exact) mass is 188 g/mol.